The highest BCUT2D eigenvalue weighted by Crippen LogP contribution is 2.13. The van der Waals surface area contributed by atoms with E-state index in [1.54, 1.807) is 0 Å². The molecule has 0 bridgehead atoms. The van der Waals surface area contributed by atoms with E-state index in [9.17, 15) is 0 Å². The molecular formula is C12H16O3. The largest absolute Gasteiger partial charge is 0.491 e. The Labute approximate surface area is 90.0 Å². The molecule has 2 aliphatic heterocycles. The number of hydrogen-bond acceptors (Lipinski definition) is 3. The van der Waals surface area contributed by atoms with Crippen LogP contribution in [0.2, 0.25) is 0 Å². The normalized spacial score (nSPS) is 26.2. The lowest BCUT2D eigenvalue weighted by atomic mass is 10.3. The van der Waals surface area contributed by atoms with Gasteiger partial charge >= 0.3 is 0 Å². The molecule has 2 fully saturated rings. The zero-order valence-electron chi connectivity index (χ0n) is 8.89. The van der Waals surface area contributed by atoms with E-state index in [1.807, 2.05) is 30.3 Å². The van der Waals surface area contributed by atoms with Crippen LogP contribution >= 0.6 is 0 Å². The van der Waals surface area contributed by atoms with Crippen molar-refractivity contribution in [2.75, 3.05) is 19.8 Å². The van der Waals surface area contributed by atoms with Crippen LogP contribution in [-0.2, 0) is 9.47 Å². The van der Waals surface area contributed by atoms with E-state index in [2.05, 4.69) is 6.92 Å². The average molecular weight is 208 g/mol. The molecule has 15 heavy (non-hydrogen) atoms. The van der Waals surface area contributed by atoms with Gasteiger partial charge in [0.05, 0.1) is 19.3 Å². The number of epoxide rings is 2. The fraction of sp³-hybridized carbons (Fsp3) is 0.500. The Morgan fingerprint density at radius 1 is 1.20 bits per heavy atom. The van der Waals surface area contributed by atoms with E-state index in [0.29, 0.717) is 18.8 Å². The maximum atomic E-state index is 5.40. The Bertz CT molecular complexity index is 278. The van der Waals surface area contributed by atoms with Crippen LogP contribution in [0, 0.1) is 0 Å². The summed E-state index contributed by atoms with van der Waals surface area (Å²) < 4.78 is 15.1. The lowest BCUT2D eigenvalue weighted by molar-refractivity contribution is 0.263. The van der Waals surface area contributed by atoms with Crippen molar-refractivity contribution in [3.63, 3.8) is 0 Å². The summed E-state index contributed by atoms with van der Waals surface area (Å²) in [5, 5.41) is 0. The van der Waals surface area contributed by atoms with Crippen molar-refractivity contribution in [1.82, 2.24) is 0 Å². The van der Waals surface area contributed by atoms with Gasteiger partial charge in [-0.2, -0.15) is 0 Å². The Kier molecular flexibility index (Phi) is 3.59. The van der Waals surface area contributed by atoms with Crippen LogP contribution in [0.5, 0.6) is 5.75 Å². The first-order valence-corrected chi connectivity index (χ1v) is 5.25. The van der Waals surface area contributed by atoms with Gasteiger partial charge in [-0.25, -0.2) is 0 Å². The molecule has 3 heteroatoms. The summed E-state index contributed by atoms with van der Waals surface area (Å²) in [6.45, 7) is 4.58. The number of ether oxygens (including phenoxy) is 3. The zero-order valence-corrected chi connectivity index (χ0v) is 8.89. The third kappa shape index (κ3) is 4.81. The number of hydrogen-bond donors (Lipinski definition) is 0. The fourth-order valence-corrected chi connectivity index (χ4v) is 0.966. The van der Waals surface area contributed by atoms with Crippen molar-refractivity contribution >= 4 is 0 Å². The molecule has 1 aromatic rings. The quantitative estimate of drug-likeness (QED) is 0.711. The van der Waals surface area contributed by atoms with Gasteiger partial charge in [-0.15, -0.1) is 0 Å². The van der Waals surface area contributed by atoms with Crippen LogP contribution in [0.15, 0.2) is 30.3 Å². The molecule has 3 rings (SSSR count). The highest BCUT2D eigenvalue weighted by Gasteiger charge is 2.22. The van der Waals surface area contributed by atoms with Crippen molar-refractivity contribution in [3.8, 4) is 5.75 Å². The van der Waals surface area contributed by atoms with Gasteiger partial charge in [-0.3, -0.25) is 0 Å². The first kappa shape index (κ1) is 10.5. The molecular weight excluding hydrogens is 192 g/mol. The predicted molar refractivity (Wildman–Crippen MR) is 57.1 cm³/mol. The summed E-state index contributed by atoms with van der Waals surface area (Å²) in [6.07, 6.45) is 0.926. The van der Waals surface area contributed by atoms with E-state index in [4.69, 9.17) is 14.2 Å². The molecule has 2 atom stereocenters. The van der Waals surface area contributed by atoms with Crippen molar-refractivity contribution in [1.29, 1.82) is 0 Å². The lowest BCUT2D eigenvalue weighted by Gasteiger charge is -2.01. The van der Waals surface area contributed by atoms with Gasteiger partial charge in [0.2, 0.25) is 0 Å². The Hall–Kier alpha value is -1.06. The Morgan fingerprint density at radius 2 is 1.80 bits per heavy atom. The zero-order chi connectivity index (χ0) is 10.5. The van der Waals surface area contributed by atoms with E-state index in [-0.39, 0.29) is 0 Å². The van der Waals surface area contributed by atoms with E-state index in [1.165, 1.54) is 0 Å². The van der Waals surface area contributed by atoms with Crippen molar-refractivity contribution in [2.45, 2.75) is 19.1 Å². The van der Waals surface area contributed by atoms with Gasteiger partial charge in [-0.1, -0.05) is 18.2 Å². The topological polar surface area (TPSA) is 34.3 Å². The minimum absolute atomic E-state index is 0.343. The summed E-state index contributed by atoms with van der Waals surface area (Å²) in [7, 11) is 0. The van der Waals surface area contributed by atoms with Gasteiger partial charge < -0.3 is 14.2 Å². The van der Waals surface area contributed by atoms with Gasteiger partial charge in [0, 0.05) is 0 Å². The molecule has 2 unspecified atom stereocenters. The van der Waals surface area contributed by atoms with Crippen molar-refractivity contribution in [3.05, 3.63) is 30.3 Å². The third-order valence-corrected chi connectivity index (χ3v) is 2.08. The summed E-state index contributed by atoms with van der Waals surface area (Å²) in [4.78, 5) is 0. The Balaban J connectivity index is 0.000000179. The first-order valence-electron chi connectivity index (χ1n) is 5.25. The van der Waals surface area contributed by atoms with E-state index < -0.39 is 0 Å². The molecule has 2 saturated heterocycles. The summed E-state index contributed by atoms with van der Waals surface area (Å²) in [5.74, 6) is 0.919. The molecule has 0 aliphatic carbocycles. The molecule has 0 N–H and O–H groups in total. The molecule has 2 heterocycles. The van der Waals surface area contributed by atoms with Gasteiger partial charge in [-0.05, 0) is 19.1 Å². The average Bonchev–Trinajstić information content (AvgIpc) is 3.14. The van der Waals surface area contributed by atoms with Gasteiger partial charge in [0.15, 0.2) is 0 Å². The maximum absolute atomic E-state index is 5.40. The second-order valence-corrected chi connectivity index (χ2v) is 3.72. The summed E-state index contributed by atoms with van der Waals surface area (Å²) in [6, 6.07) is 9.79. The number of para-hydroxylation sites is 1. The molecule has 0 amide bonds. The predicted octanol–water partition coefficient (Wildman–Crippen LogP) is 1.87. The van der Waals surface area contributed by atoms with Crippen molar-refractivity contribution in [2.24, 2.45) is 0 Å². The molecule has 0 saturated carbocycles. The first-order chi connectivity index (χ1) is 7.34. The smallest absolute Gasteiger partial charge is 0.119 e. The van der Waals surface area contributed by atoms with Crippen LogP contribution in [0.25, 0.3) is 0 Å². The standard InChI is InChI=1S/C9H10O2.C3H6O/c1-2-4-8(5-3-1)10-6-9-7-11-9;1-3-2-4-3/h1-5,9H,6-7H2;3H,2H2,1H3. The van der Waals surface area contributed by atoms with E-state index >= 15 is 0 Å². The summed E-state index contributed by atoms with van der Waals surface area (Å²) >= 11 is 0. The van der Waals surface area contributed by atoms with Crippen LogP contribution in [0.4, 0.5) is 0 Å². The van der Waals surface area contributed by atoms with Crippen LogP contribution in [-0.4, -0.2) is 32.0 Å². The second kappa shape index (κ2) is 5.14. The van der Waals surface area contributed by atoms with E-state index in [0.717, 1.165) is 19.0 Å². The Morgan fingerprint density at radius 3 is 2.27 bits per heavy atom. The lowest BCUT2D eigenvalue weighted by Crippen LogP contribution is -2.03. The number of rotatable bonds is 3. The van der Waals surface area contributed by atoms with Crippen molar-refractivity contribution < 1.29 is 14.2 Å². The molecule has 0 radical (unpaired) electrons. The van der Waals surface area contributed by atoms with Gasteiger partial charge in [0.1, 0.15) is 18.5 Å². The number of benzene rings is 1. The minimum Gasteiger partial charge on any atom is -0.491 e. The maximum Gasteiger partial charge on any atom is 0.119 e. The minimum atomic E-state index is 0.343. The van der Waals surface area contributed by atoms with Crippen LogP contribution in [0.3, 0.4) is 0 Å². The fourth-order valence-electron chi connectivity index (χ4n) is 0.966. The summed E-state index contributed by atoms with van der Waals surface area (Å²) in [5.41, 5.74) is 0. The molecule has 0 spiro atoms. The molecule has 2 aliphatic rings. The highest BCUT2D eigenvalue weighted by atomic mass is 16.6. The van der Waals surface area contributed by atoms with Crippen LogP contribution in [0.1, 0.15) is 6.92 Å². The SMILES string of the molecule is CC1CO1.c1ccc(OCC2CO2)cc1. The monoisotopic (exact) mass is 208 g/mol. The molecule has 82 valence electrons. The molecule has 0 aromatic heterocycles. The molecule has 3 nitrogen and oxygen atoms in total. The molecule has 1 aromatic carbocycles. The van der Waals surface area contributed by atoms with Gasteiger partial charge in [0.25, 0.3) is 0 Å². The second-order valence-electron chi connectivity index (χ2n) is 3.72. The van der Waals surface area contributed by atoms with Crippen LogP contribution < -0.4 is 4.74 Å². The third-order valence-electron chi connectivity index (χ3n) is 2.08. The highest BCUT2D eigenvalue weighted by molar-refractivity contribution is 5.20.